The molecule has 2 nitrogen and oxygen atoms in total. The summed E-state index contributed by atoms with van der Waals surface area (Å²) in [6.07, 6.45) is 0.641. The van der Waals surface area contributed by atoms with Gasteiger partial charge in [-0.1, -0.05) is 29.8 Å². The van der Waals surface area contributed by atoms with Crippen LogP contribution in [-0.4, -0.2) is 15.4 Å². The molecular weight excluding hydrogens is 310 g/mol. The Bertz CT molecular complexity index is 783. The lowest BCUT2D eigenvalue weighted by Gasteiger charge is -2.09. The summed E-state index contributed by atoms with van der Waals surface area (Å²) < 4.78 is 15.4. The summed E-state index contributed by atoms with van der Waals surface area (Å²) in [7, 11) is 0. The van der Waals surface area contributed by atoms with Gasteiger partial charge in [0, 0.05) is 18.8 Å². The second-order valence-corrected chi connectivity index (χ2v) is 5.58. The zero-order chi connectivity index (χ0) is 14.8. The molecule has 5 heteroatoms. The van der Waals surface area contributed by atoms with Gasteiger partial charge in [0.1, 0.15) is 17.2 Å². The lowest BCUT2D eigenvalue weighted by Crippen LogP contribution is -2.06. The fourth-order valence-corrected chi connectivity index (χ4v) is 2.81. The first-order chi connectivity index (χ1) is 10.2. The van der Waals surface area contributed by atoms with Crippen LogP contribution >= 0.6 is 23.2 Å². The van der Waals surface area contributed by atoms with Crippen molar-refractivity contribution >= 4 is 34.2 Å². The Morgan fingerprint density at radius 2 is 1.95 bits per heavy atom. The number of halogens is 3. The van der Waals surface area contributed by atoms with Gasteiger partial charge >= 0.3 is 0 Å². The number of aromatic nitrogens is 2. The molecule has 3 aromatic rings. The van der Waals surface area contributed by atoms with Gasteiger partial charge in [-0.25, -0.2) is 9.37 Å². The number of imidazole rings is 1. The first-order valence-corrected chi connectivity index (χ1v) is 7.54. The minimum atomic E-state index is -0.242. The van der Waals surface area contributed by atoms with Gasteiger partial charge in [0.15, 0.2) is 0 Å². The summed E-state index contributed by atoms with van der Waals surface area (Å²) in [5.41, 5.74) is 2.58. The van der Waals surface area contributed by atoms with Crippen LogP contribution in [0.5, 0.6) is 0 Å². The van der Waals surface area contributed by atoms with E-state index in [1.165, 1.54) is 12.1 Å². The second kappa shape index (κ2) is 6.04. The number of nitrogens with zero attached hydrogens (tertiary/aromatic N) is 2. The van der Waals surface area contributed by atoms with Crippen LogP contribution in [0.25, 0.3) is 11.0 Å². The Morgan fingerprint density at radius 1 is 1.14 bits per heavy atom. The van der Waals surface area contributed by atoms with Crippen LogP contribution in [0.4, 0.5) is 4.39 Å². The lowest BCUT2D eigenvalue weighted by atomic mass is 10.2. The van der Waals surface area contributed by atoms with Crippen molar-refractivity contribution in [3.05, 3.63) is 64.7 Å². The summed E-state index contributed by atoms with van der Waals surface area (Å²) in [6, 6.07) is 12.2. The molecule has 1 aromatic heterocycles. The highest BCUT2D eigenvalue weighted by Crippen LogP contribution is 2.25. The van der Waals surface area contributed by atoms with Crippen LogP contribution in [0.1, 0.15) is 11.4 Å². The molecule has 21 heavy (non-hydrogen) atoms. The highest BCUT2D eigenvalue weighted by Gasteiger charge is 2.13. The number of alkyl halides is 1. The number of hydrogen-bond acceptors (Lipinski definition) is 1. The molecule has 0 spiro atoms. The SMILES string of the molecule is Fc1cccc(Cn2c(CCCl)nc3c(Cl)cccc32)c1. The molecule has 1 heterocycles. The van der Waals surface area contributed by atoms with Crippen molar-refractivity contribution in [2.75, 3.05) is 5.88 Å². The smallest absolute Gasteiger partial charge is 0.123 e. The van der Waals surface area contributed by atoms with Gasteiger partial charge in [-0.2, -0.15) is 0 Å². The number of fused-ring (bicyclic) bond motifs is 1. The summed E-state index contributed by atoms with van der Waals surface area (Å²) in [6.45, 7) is 0.542. The van der Waals surface area contributed by atoms with Crippen LogP contribution in [-0.2, 0) is 13.0 Å². The quantitative estimate of drug-likeness (QED) is 0.639. The summed E-state index contributed by atoms with van der Waals surface area (Å²) in [4.78, 5) is 4.57. The molecule has 0 saturated heterocycles. The van der Waals surface area contributed by atoms with Gasteiger partial charge < -0.3 is 4.57 Å². The molecule has 0 N–H and O–H groups in total. The largest absolute Gasteiger partial charge is 0.323 e. The third-order valence-electron chi connectivity index (χ3n) is 3.36. The summed E-state index contributed by atoms with van der Waals surface area (Å²) >= 11 is 12.1. The average Bonchev–Trinajstić information content (AvgIpc) is 2.79. The van der Waals surface area contributed by atoms with Gasteiger partial charge in [0.05, 0.1) is 10.5 Å². The van der Waals surface area contributed by atoms with E-state index in [0.717, 1.165) is 22.4 Å². The third kappa shape index (κ3) is 2.89. The summed E-state index contributed by atoms with van der Waals surface area (Å²) in [5, 5.41) is 0.612. The minimum absolute atomic E-state index is 0.242. The van der Waals surface area contributed by atoms with E-state index in [0.29, 0.717) is 23.9 Å². The number of rotatable bonds is 4. The van der Waals surface area contributed by atoms with E-state index in [9.17, 15) is 4.39 Å². The Kier molecular flexibility index (Phi) is 4.13. The molecule has 0 amide bonds. The Hall–Kier alpha value is -1.58. The van der Waals surface area contributed by atoms with Gasteiger partial charge in [-0.05, 0) is 29.8 Å². The predicted molar refractivity (Wildman–Crippen MR) is 84.7 cm³/mol. The highest BCUT2D eigenvalue weighted by molar-refractivity contribution is 6.34. The Labute approximate surface area is 132 Å². The molecule has 0 fully saturated rings. The first kappa shape index (κ1) is 14.4. The number of benzene rings is 2. The van der Waals surface area contributed by atoms with Gasteiger partial charge in [0.2, 0.25) is 0 Å². The fraction of sp³-hybridized carbons (Fsp3) is 0.188. The van der Waals surface area contributed by atoms with Crippen molar-refractivity contribution in [3.8, 4) is 0 Å². The number of aryl methyl sites for hydroxylation is 1. The maximum atomic E-state index is 13.4. The normalized spacial score (nSPS) is 11.2. The van der Waals surface area contributed by atoms with Crippen molar-refractivity contribution in [3.63, 3.8) is 0 Å². The third-order valence-corrected chi connectivity index (χ3v) is 3.85. The zero-order valence-electron chi connectivity index (χ0n) is 11.2. The molecule has 0 radical (unpaired) electrons. The maximum absolute atomic E-state index is 13.4. The van der Waals surface area contributed by atoms with Gasteiger partial charge in [0.25, 0.3) is 0 Å². The molecule has 3 rings (SSSR count). The standard InChI is InChI=1S/C16H13Cl2FN2/c17-8-7-15-20-16-13(18)5-2-6-14(16)21(15)10-11-3-1-4-12(19)9-11/h1-6,9H,7-8,10H2. The van der Waals surface area contributed by atoms with Crippen molar-refractivity contribution < 1.29 is 4.39 Å². The van der Waals surface area contributed by atoms with Crippen molar-refractivity contribution in [2.45, 2.75) is 13.0 Å². The molecule has 0 aliphatic rings. The Balaban J connectivity index is 2.11. The number of para-hydroxylation sites is 1. The molecule has 0 aliphatic carbocycles. The lowest BCUT2D eigenvalue weighted by molar-refractivity contribution is 0.623. The molecule has 2 aromatic carbocycles. The molecule has 0 saturated carbocycles. The van der Waals surface area contributed by atoms with Crippen LogP contribution in [0.15, 0.2) is 42.5 Å². The van der Waals surface area contributed by atoms with Crippen LogP contribution in [0.3, 0.4) is 0 Å². The monoisotopic (exact) mass is 322 g/mol. The van der Waals surface area contributed by atoms with Gasteiger partial charge in [-0.3, -0.25) is 0 Å². The molecule has 0 unspecified atom stereocenters. The van der Waals surface area contributed by atoms with Crippen molar-refractivity contribution in [1.29, 1.82) is 0 Å². The molecule has 0 atom stereocenters. The van der Waals surface area contributed by atoms with Crippen molar-refractivity contribution in [2.24, 2.45) is 0 Å². The van der Waals surface area contributed by atoms with E-state index in [4.69, 9.17) is 23.2 Å². The zero-order valence-corrected chi connectivity index (χ0v) is 12.7. The maximum Gasteiger partial charge on any atom is 0.123 e. The van der Waals surface area contributed by atoms with Crippen LogP contribution in [0, 0.1) is 5.82 Å². The van der Waals surface area contributed by atoms with Crippen molar-refractivity contribution in [1.82, 2.24) is 9.55 Å². The van der Waals surface area contributed by atoms with E-state index >= 15 is 0 Å². The van der Waals surface area contributed by atoms with E-state index in [2.05, 4.69) is 4.98 Å². The van der Waals surface area contributed by atoms with Crippen LogP contribution in [0.2, 0.25) is 5.02 Å². The molecule has 0 bridgehead atoms. The van der Waals surface area contributed by atoms with E-state index in [1.54, 1.807) is 6.07 Å². The molecule has 108 valence electrons. The minimum Gasteiger partial charge on any atom is -0.323 e. The van der Waals surface area contributed by atoms with E-state index in [1.807, 2.05) is 28.8 Å². The van der Waals surface area contributed by atoms with E-state index < -0.39 is 0 Å². The summed E-state index contributed by atoms with van der Waals surface area (Å²) in [5.74, 6) is 1.09. The van der Waals surface area contributed by atoms with Crippen LogP contribution < -0.4 is 0 Å². The fourth-order valence-electron chi connectivity index (χ4n) is 2.43. The number of hydrogen-bond donors (Lipinski definition) is 0. The van der Waals surface area contributed by atoms with Gasteiger partial charge in [-0.15, -0.1) is 11.6 Å². The molecular formula is C16H13Cl2FN2. The predicted octanol–water partition coefficient (Wildman–Crippen LogP) is 4.66. The molecule has 0 aliphatic heterocycles. The topological polar surface area (TPSA) is 17.8 Å². The Morgan fingerprint density at radius 3 is 2.71 bits per heavy atom. The first-order valence-electron chi connectivity index (χ1n) is 6.63. The average molecular weight is 323 g/mol. The highest BCUT2D eigenvalue weighted by atomic mass is 35.5. The second-order valence-electron chi connectivity index (χ2n) is 4.79. The van der Waals surface area contributed by atoms with E-state index in [-0.39, 0.29) is 5.82 Å².